The quantitative estimate of drug-likeness (QED) is 0.738. The van der Waals surface area contributed by atoms with Crippen molar-refractivity contribution in [2.24, 2.45) is 14.1 Å². The Balaban J connectivity index is 1.66. The third kappa shape index (κ3) is 4.14. The molecular formula is C19H21ClN4O3. The van der Waals surface area contributed by atoms with Gasteiger partial charge in [-0.25, -0.2) is 4.79 Å². The van der Waals surface area contributed by atoms with E-state index in [1.54, 1.807) is 11.9 Å². The van der Waals surface area contributed by atoms with Crippen molar-refractivity contribution in [1.29, 1.82) is 0 Å². The van der Waals surface area contributed by atoms with E-state index < -0.39 is 11.2 Å². The lowest BCUT2D eigenvalue weighted by Crippen LogP contribution is -2.48. The fourth-order valence-electron chi connectivity index (χ4n) is 3.07. The van der Waals surface area contributed by atoms with Crippen LogP contribution in [0.2, 0.25) is 5.02 Å². The molecule has 0 aliphatic carbocycles. The van der Waals surface area contributed by atoms with Crippen LogP contribution < -0.4 is 16.1 Å². The molecule has 1 amide bonds. The van der Waals surface area contributed by atoms with Crippen molar-refractivity contribution in [2.45, 2.75) is 0 Å². The topological polar surface area (TPSA) is 67.6 Å². The molecule has 2 aromatic rings. The van der Waals surface area contributed by atoms with E-state index >= 15 is 0 Å². The molecule has 1 aliphatic heterocycles. The number of halogens is 1. The lowest BCUT2D eigenvalue weighted by atomic mass is 10.2. The average molecular weight is 389 g/mol. The van der Waals surface area contributed by atoms with Gasteiger partial charge >= 0.3 is 5.69 Å². The van der Waals surface area contributed by atoms with Crippen LogP contribution in [0.4, 0.5) is 5.69 Å². The molecule has 3 rings (SSSR count). The smallest absolute Gasteiger partial charge is 0.330 e. The molecule has 7 nitrogen and oxygen atoms in total. The molecule has 0 radical (unpaired) electrons. The van der Waals surface area contributed by atoms with Gasteiger partial charge in [-0.15, -0.1) is 0 Å². The molecule has 27 heavy (non-hydrogen) atoms. The molecule has 1 fully saturated rings. The van der Waals surface area contributed by atoms with Crippen LogP contribution in [0.5, 0.6) is 0 Å². The zero-order chi connectivity index (χ0) is 19.6. The fourth-order valence-corrected chi connectivity index (χ4v) is 3.26. The first kappa shape index (κ1) is 19.0. The predicted octanol–water partition coefficient (Wildman–Crippen LogP) is 1.10. The van der Waals surface area contributed by atoms with E-state index in [0.717, 1.165) is 10.3 Å². The van der Waals surface area contributed by atoms with Gasteiger partial charge in [0.1, 0.15) is 0 Å². The summed E-state index contributed by atoms with van der Waals surface area (Å²) in [6.45, 7) is 2.59. The van der Waals surface area contributed by atoms with Gasteiger partial charge in [0.25, 0.3) is 5.56 Å². The first-order valence-corrected chi connectivity index (χ1v) is 8.99. The maximum Gasteiger partial charge on any atom is 0.330 e. The number of aryl methyl sites for hydroxylation is 1. The van der Waals surface area contributed by atoms with Crippen LogP contribution >= 0.6 is 11.6 Å². The molecule has 142 valence electrons. The average Bonchev–Trinajstić information content (AvgIpc) is 2.68. The standard InChI is InChI=1S/C19H21ClN4O3/c1-21-13-14(18(26)22(2)19(21)27)6-7-17(25)24-10-8-23(9-11-24)16-5-3-4-15(20)12-16/h3-7,12-13H,8-11H2,1-2H3/b7-6+. The van der Waals surface area contributed by atoms with Crippen molar-refractivity contribution in [2.75, 3.05) is 31.1 Å². The summed E-state index contributed by atoms with van der Waals surface area (Å²) in [7, 11) is 2.98. The number of rotatable bonds is 3. The summed E-state index contributed by atoms with van der Waals surface area (Å²) in [6, 6.07) is 7.65. The second-order valence-electron chi connectivity index (χ2n) is 6.47. The summed E-state index contributed by atoms with van der Waals surface area (Å²) in [5, 5.41) is 0.688. The van der Waals surface area contributed by atoms with E-state index in [9.17, 15) is 14.4 Å². The van der Waals surface area contributed by atoms with Gasteiger partial charge in [-0.05, 0) is 24.3 Å². The van der Waals surface area contributed by atoms with Crippen LogP contribution in [0, 0.1) is 0 Å². The van der Waals surface area contributed by atoms with Crippen LogP contribution in [0.1, 0.15) is 5.56 Å². The molecular weight excluding hydrogens is 368 g/mol. The van der Waals surface area contributed by atoms with Gasteiger partial charge in [-0.1, -0.05) is 17.7 Å². The molecule has 0 atom stereocenters. The zero-order valence-corrected chi connectivity index (χ0v) is 16.0. The van der Waals surface area contributed by atoms with Crippen LogP contribution in [0.3, 0.4) is 0 Å². The largest absolute Gasteiger partial charge is 0.368 e. The lowest BCUT2D eigenvalue weighted by molar-refractivity contribution is -0.126. The Labute approximate surface area is 161 Å². The van der Waals surface area contributed by atoms with Crippen molar-refractivity contribution < 1.29 is 4.79 Å². The van der Waals surface area contributed by atoms with E-state index in [2.05, 4.69) is 4.90 Å². The van der Waals surface area contributed by atoms with Gasteiger partial charge in [-0.3, -0.25) is 14.2 Å². The Bertz CT molecular complexity index is 1000. The van der Waals surface area contributed by atoms with Crippen molar-refractivity contribution in [3.8, 4) is 0 Å². The normalized spacial score (nSPS) is 14.8. The minimum atomic E-state index is -0.423. The number of anilines is 1. The Hall–Kier alpha value is -2.80. The first-order valence-electron chi connectivity index (χ1n) is 8.61. The highest BCUT2D eigenvalue weighted by atomic mass is 35.5. The van der Waals surface area contributed by atoms with Gasteiger partial charge in [0, 0.05) is 63.3 Å². The highest BCUT2D eigenvalue weighted by molar-refractivity contribution is 6.30. The molecule has 0 N–H and O–H groups in total. The number of benzene rings is 1. The number of carbonyl (C=O) groups excluding carboxylic acids is 1. The molecule has 1 saturated heterocycles. The van der Waals surface area contributed by atoms with Gasteiger partial charge in [0.05, 0.1) is 5.56 Å². The molecule has 1 aromatic heterocycles. The maximum atomic E-state index is 12.4. The first-order chi connectivity index (χ1) is 12.9. The van der Waals surface area contributed by atoms with Crippen LogP contribution in [-0.4, -0.2) is 46.1 Å². The molecule has 1 aliphatic rings. The maximum absolute atomic E-state index is 12.4. The Morgan fingerprint density at radius 1 is 1.11 bits per heavy atom. The van der Waals surface area contributed by atoms with Crippen molar-refractivity contribution in [3.05, 3.63) is 68.0 Å². The predicted molar refractivity (Wildman–Crippen MR) is 106 cm³/mol. The van der Waals surface area contributed by atoms with E-state index in [4.69, 9.17) is 11.6 Å². The van der Waals surface area contributed by atoms with E-state index in [1.807, 2.05) is 24.3 Å². The van der Waals surface area contributed by atoms with Crippen LogP contribution in [-0.2, 0) is 18.9 Å². The molecule has 1 aromatic carbocycles. The summed E-state index contributed by atoms with van der Waals surface area (Å²) in [5.41, 5.74) is 0.512. The highest BCUT2D eigenvalue weighted by Crippen LogP contribution is 2.20. The van der Waals surface area contributed by atoms with Crippen molar-refractivity contribution in [1.82, 2.24) is 14.0 Å². The number of nitrogens with zero attached hydrogens (tertiary/aromatic N) is 4. The minimum absolute atomic E-state index is 0.156. The Morgan fingerprint density at radius 2 is 1.81 bits per heavy atom. The summed E-state index contributed by atoms with van der Waals surface area (Å²) in [5.74, 6) is -0.156. The molecule has 2 heterocycles. The summed E-state index contributed by atoms with van der Waals surface area (Å²) in [6.07, 6.45) is 4.29. The molecule has 0 saturated carbocycles. The molecule has 0 spiro atoms. The number of hydrogen-bond donors (Lipinski definition) is 0. The van der Waals surface area contributed by atoms with E-state index in [-0.39, 0.29) is 5.91 Å². The van der Waals surface area contributed by atoms with E-state index in [0.29, 0.717) is 36.8 Å². The van der Waals surface area contributed by atoms with Crippen molar-refractivity contribution >= 4 is 29.3 Å². The summed E-state index contributed by atoms with van der Waals surface area (Å²) in [4.78, 5) is 40.2. The minimum Gasteiger partial charge on any atom is -0.368 e. The van der Waals surface area contributed by atoms with Crippen LogP contribution in [0.25, 0.3) is 6.08 Å². The monoisotopic (exact) mass is 388 g/mol. The van der Waals surface area contributed by atoms with Gasteiger partial charge in [-0.2, -0.15) is 0 Å². The second-order valence-corrected chi connectivity index (χ2v) is 6.90. The summed E-state index contributed by atoms with van der Waals surface area (Å²) >= 11 is 6.04. The van der Waals surface area contributed by atoms with Crippen LogP contribution in [0.15, 0.2) is 46.1 Å². The SMILES string of the molecule is Cn1cc(/C=C/C(=O)N2CCN(c3cccc(Cl)c3)CC2)c(=O)n(C)c1=O. The van der Waals surface area contributed by atoms with E-state index in [1.165, 1.54) is 30.0 Å². The number of piperazine rings is 1. The third-order valence-corrected chi connectivity index (χ3v) is 4.88. The lowest BCUT2D eigenvalue weighted by Gasteiger charge is -2.35. The third-order valence-electron chi connectivity index (χ3n) is 4.64. The number of amides is 1. The number of carbonyl (C=O) groups is 1. The molecule has 0 bridgehead atoms. The molecule has 8 heteroatoms. The fraction of sp³-hybridized carbons (Fsp3) is 0.316. The van der Waals surface area contributed by atoms with Gasteiger partial charge < -0.3 is 14.4 Å². The van der Waals surface area contributed by atoms with Gasteiger partial charge in [0.2, 0.25) is 5.91 Å². The second kappa shape index (κ2) is 7.84. The Kier molecular flexibility index (Phi) is 5.51. The number of hydrogen-bond acceptors (Lipinski definition) is 4. The number of aromatic nitrogens is 2. The Morgan fingerprint density at radius 3 is 2.48 bits per heavy atom. The van der Waals surface area contributed by atoms with Crippen molar-refractivity contribution in [3.63, 3.8) is 0 Å². The zero-order valence-electron chi connectivity index (χ0n) is 15.3. The summed E-state index contributed by atoms with van der Waals surface area (Å²) < 4.78 is 2.34. The van der Waals surface area contributed by atoms with Gasteiger partial charge in [0.15, 0.2) is 0 Å². The highest BCUT2D eigenvalue weighted by Gasteiger charge is 2.20. The molecule has 0 unspecified atom stereocenters.